The highest BCUT2D eigenvalue weighted by Crippen LogP contribution is 2.32. The molecule has 1 heterocycles. The molecule has 1 aliphatic heterocycles. The van der Waals surface area contributed by atoms with Crippen LogP contribution in [0.3, 0.4) is 0 Å². The first-order chi connectivity index (χ1) is 17.8. The highest BCUT2D eigenvalue weighted by atomic mass is 16.1. The van der Waals surface area contributed by atoms with Crippen molar-refractivity contribution in [1.29, 1.82) is 0 Å². The van der Waals surface area contributed by atoms with E-state index >= 15 is 0 Å². The van der Waals surface area contributed by atoms with E-state index in [1.54, 1.807) is 7.05 Å². The maximum atomic E-state index is 11.2. The monoisotopic (exact) mass is 503 g/mol. The number of carbonyl (C=O) groups excluding carboxylic acids is 2. The number of carbonyl (C=O) groups is 2. The molecule has 200 valence electrons. The van der Waals surface area contributed by atoms with E-state index in [0.29, 0.717) is 12.1 Å². The van der Waals surface area contributed by atoms with Gasteiger partial charge in [-0.05, 0) is 75.4 Å². The fourth-order valence-electron chi connectivity index (χ4n) is 4.02. The Hall–Kier alpha value is -3.47. The van der Waals surface area contributed by atoms with Gasteiger partial charge in [0.2, 0.25) is 0 Å². The third kappa shape index (κ3) is 9.83. The molecule has 5 heteroatoms. The summed E-state index contributed by atoms with van der Waals surface area (Å²) >= 11 is 0. The highest BCUT2D eigenvalue weighted by Gasteiger charge is 2.23. The number of hydrogen-bond donors (Lipinski definition) is 0. The fourth-order valence-corrected chi connectivity index (χ4v) is 4.02. The van der Waals surface area contributed by atoms with Crippen molar-refractivity contribution in [3.05, 3.63) is 83.1 Å². The van der Waals surface area contributed by atoms with Crippen molar-refractivity contribution in [1.82, 2.24) is 0 Å². The van der Waals surface area contributed by atoms with E-state index in [4.69, 9.17) is 0 Å². The standard InChI is InChI=1S/C22H29N3O2.C8H10.C2H6/c1-17-18(2)25(14-12-21(17)22(16-27)23-3)20-10-8-19(9-11-20)24(4)13-6-5-7-15-26;1-7-3-5-8(2)6-4-7;1-2/h8-11,15-16H,2,5-7,12-14H2,1,3-4H3;3-6H,1-2H3;1-2H3. The average molecular weight is 504 g/mol. The van der Waals surface area contributed by atoms with Crippen molar-refractivity contribution in [3.8, 4) is 0 Å². The number of aryl methyl sites for hydroxylation is 2. The van der Waals surface area contributed by atoms with Crippen molar-refractivity contribution in [2.45, 2.75) is 60.3 Å². The predicted molar refractivity (Wildman–Crippen MR) is 160 cm³/mol. The molecule has 1 aliphatic rings. The third-order valence-corrected chi connectivity index (χ3v) is 6.34. The van der Waals surface area contributed by atoms with Gasteiger partial charge in [-0.1, -0.05) is 55.8 Å². The van der Waals surface area contributed by atoms with Crippen molar-refractivity contribution in [3.63, 3.8) is 0 Å². The van der Waals surface area contributed by atoms with Crippen LogP contribution in [0.25, 0.3) is 0 Å². The molecule has 0 N–H and O–H groups in total. The molecular weight excluding hydrogens is 458 g/mol. The van der Waals surface area contributed by atoms with Gasteiger partial charge in [-0.3, -0.25) is 9.79 Å². The van der Waals surface area contributed by atoms with E-state index in [2.05, 4.69) is 90.8 Å². The predicted octanol–water partition coefficient (Wildman–Crippen LogP) is 7.13. The van der Waals surface area contributed by atoms with Gasteiger partial charge in [0, 0.05) is 50.7 Å². The fraction of sp³-hybridized carbons (Fsp3) is 0.406. The number of rotatable bonds is 9. The molecule has 0 amide bonds. The second kappa shape index (κ2) is 17.1. The van der Waals surface area contributed by atoms with Crippen LogP contribution in [0.15, 0.2) is 76.9 Å². The minimum atomic E-state index is 0.514. The summed E-state index contributed by atoms with van der Waals surface area (Å²) in [6.45, 7) is 16.1. The molecule has 0 aliphatic carbocycles. The van der Waals surface area contributed by atoms with Crippen molar-refractivity contribution in [2.24, 2.45) is 4.99 Å². The summed E-state index contributed by atoms with van der Waals surface area (Å²) < 4.78 is 0. The Balaban J connectivity index is 0.000000574. The zero-order chi connectivity index (χ0) is 27.8. The summed E-state index contributed by atoms with van der Waals surface area (Å²) in [6, 6.07) is 16.9. The smallest absolute Gasteiger partial charge is 0.168 e. The van der Waals surface area contributed by atoms with Crippen LogP contribution in [-0.2, 0) is 9.59 Å². The summed E-state index contributed by atoms with van der Waals surface area (Å²) in [5, 5.41) is 0. The molecule has 0 unspecified atom stereocenters. The third-order valence-electron chi connectivity index (χ3n) is 6.34. The molecule has 0 saturated carbocycles. The van der Waals surface area contributed by atoms with E-state index in [0.717, 1.165) is 73.1 Å². The van der Waals surface area contributed by atoms with Gasteiger partial charge < -0.3 is 14.6 Å². The number of aldehydes is 2. The Bertz CT molecular complexity index is 1030. The Kier molecular flexibility index (Phi) is 14.6. The van der Waals surface area contributed by atoms with Gasteiger partial charge in [-0.2, -0.15) is 0 Å². The Labute approximate surface area is 224 Å². The lowest BCUT2D eigenvalue weighted by atomic mass is 9.94. The summed E-state index contributed by atoms with van der Waals surface area (Å²) in [5.41, 5.74) is 8.34. The minimum Gasteiger partial charge on any atom is -0.375 e. The van der Waals surface area contributed by atoms with Crippen LogP contribution in [0.2, 0.25) is 0 Å². The Morgan fingerprint density at radius 2 is 1.54 bits per heavy atom. The number of hydrogen-bond acceptors (Lipinski definition) is 5. The van der Waals surface area contributed by atoms with Crippen LogP contribution >= 0.6 is 0 Å². The molecule has 0 radical (unpaired) electrons. The molecule has 0 fully saturated rings. The average Bonchev–Trinajstić information content (AvgIpc) is 2.93. The molecular formula is C32H45N3O2. The summed E-state index contributed by atoms with van der Waals surface area (Å²) in [7, 11) is 3.72. The van der Waals surface area contributed by atoms with E-state index in [1.165, 1.54) is 11.1 Å². The molecule has 0 spiro atoms. The van der Waals surface area contributed by atoms with Gasteiger partial charge in [0.15, 0.2) is 6.29 Å². The quantitative estimate of drug-likeness (QED) is 0.207. The first-order valence-corrected chi connectivity index (χ1v) is 13.2. The Morgan fingerprint density at radius 1 is 0.973 bits per heavy atom. The number of anilines is 2. The van der Waals surface area contributed by atoms with Crippen molar-refractivity contribution >= 4 is 29.7 Å². The topological polar surface area (TPSA) is 53.0 Å². The van der Waals surface area contributed by atoms with Gasteiger partial charge in [0.05, 0.1) is 0 Å². The lowest BCUT2D eigenvalue weighted by Crippen LogP contribution is -2.30. The largest absolute Gasteiger partial charge is 0.375 e. The summed E-state index contributed by atoms with van der Waals surface area (Å²) in [4.78, 5) is 30.1. The second-order valence-electron chi connectivity index (χ2n) is 8.93. The Morgan fingerprint density at radius 3 is 2.03 bits per heavy atom. The number of allylic oxidation sites excluding steroid dienone is 1. The SMILES string of the molecule is C=C1C(C)=C(C(C=O)=NC)CCN1c1ccc(N(C)CCCCC=O)cc1.CC.Cc1ccc(C)cc1. The van der Waals surface area contributed by atoms with Crippen LogP contribution in [0.4, 0.5) is 11.4 Å². The molecule has 2 aromatic rings. The molecule has 2 aromatic carbocycles. The lowest BCUT2D eigenvalue weighted by Gasteiger charge is -2.33. The van der Waals surface area contributed by atoms with Crippen LogP contribution < -0.4 is 9.80 Å². The second-order valence-corrected chi connectivity index (χ2v) is 8.93. The lowest BCUT2D eigenvalue weighted by molar-refractivity contribution is -0.108. The molecule has 3 rings (SSSR count). The van der Waals surface area contributed by atoms with Gasteiger partial charge in [-0.15, -0.1) is 0 Å². The van der Waals surface area contributed by atoms with Crippen LogP contribution in [-0.4, -0.2) is 45.5 Å². The molecule has 5 nitrogen and oxygen atoms in total. The first-order valence-electron chi connectivity index (χ1n) is 13.2. The van der Waals surface area contributed by atoms with Gasteiger partial charge in [0.1, 0.15) is 12.0 Å². The molecule has 0 aromatic heterocycles. The first kappa shape index (κ1) is 31.6. The molecule has 0 atom stereocenters. The van der Waals surface area contributed by atoms with Gasteiger partial charge >= 0.3 is 0 Å². The van der Waals surface area contributed by atoms with Crippen LogP contribution in [0, 0.1) is 13.8 Å². The zero-order valence-corrected chi connectivity index (χ0v) is 23.9. The van der Waals surface area contributed by atoms with Crippen LogP contribution in [0.5, 0.6) is 0 Å². The van der Waals surface area contributed by atoms with E-state index < -0.39 is 0 Å². The van der Waals surface area contributed by atoms with Gasteiger partial charge in [0.25, 0.3) is 0 Å². The van der Waals surface area contributed by atoms with Crippen LogP contribution in [0.1, 0.15) is 57.6 Å². The van der Waals surface area contributed by atoms with E-state index in [1.807, 2.05) is 20.8 Å². The minimum absolute atomic E-state index is 0.514. The summed E-state index contributed by atoms with van der Waals surface area (Å²) in [6.07, 6.45) is 5.14. The number of benzene rings is 2. The molecule has 0 bridgehead atoms. The summed E-state index contributed by atoms with van der Waals surface area (Å²) in [5.74, 6) is 0. The van der Waals surface area contributed by atoms with Crippen molar-refractivity contribution in [2.75, 3.05) is 37.0 Å². The van der Waals surface area contributed by atoms with Crippen molar-refractivity contribution < 1.29 is 9.59 Å². The maximum absolute atomic E-state index is 11.2. The molecule has 0 saturated heterocycles. The highest BCUT2D eigenvalue weighted by molar-refractivity contribution is 6.36. The normalized spacial score (nSPS) is 13.2. The number of nitrogens with zero attached hydrogens (tertiary/aromatic N) is 3. The maximum Gasteiger partial charge on any atom is 0.168 e. The van der Waals surface area contributed by atoms with Gasteiger partial charge in [-0.25, -0.2) is 0 Å². The molecule has 37 heavy (non-hydrogen) atoms. The number of aliphatic imine (C=N–C) groups is 1. The van der Waals surface area contributed by atoms with E-state index in [-0.39, 0.29) is 0 Å². The zero-order valence-electron chi connectivity index (χ0n) is 23.9. The van der Waals surface area contributed by atoms with E-state index in [9.17, 15) is 9.59 Å². The number of unbranched alkanes of at least 4 members (excludes halogenated alkanes) is 2.